The Morgan fingerprint density at radius 2 is 2.17 bits per heavy atom. The van der Waals surface area contributed by atoms with Crippen LogP contribution in [-0.4, -0.2) is 41.2 Å². The van der Waals surface area contributed by atoms with Crippen LogP contribution in [0.1, 0.15) is 54.7 Å². The molecule has 1 fully saturated rings. The Morgan fingerprint density at radius 1 is 1.31 bits per heavy atom. The maximum absolute atomic E-state index is 12.6. The predicted octanol–water partition coefficient (Wildman–Crippen LogP) is 3.17. The molecule has 1 atom stereocenters. The van der Waals surface area contributed by atoms with E-state index in [-0.39, 0.29) is 24.2 Å². The number of amides is 2. The first-order chi connectivity index (χ1) is 13.7. The van der Waals surface area contributed by atoms with Crippen molar-refractivity contribution in [1.82, 2.24) is 15.1 Å². The Labute approximate surface area is 177 Å². The van der Waals surface area contributed by atoms with Crippen LogP contribution in [0.5, 0.6) is 0 Å². The van der Waals surface area contributed by atoms with Crippen LogP contribution >= 0.6 is 12.4 Å². The van der Waals surface area contributed by atoms with Gasteiger partial charge in [-0.05, 0) is 62.1 Å². The second-order valence-corrected chi connectivity index (χ2v) is 7.52. The van der Waals surface area contributed by atoms with E-state index in [9.17, 15) is 9.59 Å². The van der Waals surface area contributed by atoms with Gasteiger partial charge >= 0.3 is 0 Å². The van der Waals surface area contributed by atoms with Crippen molar-refractivity contribution < 1.29 is 9.59 Å². The molecule has 29 heavy (non-hydrogen) atoms. The molecule has 1 saturated heterocycles. The highest BCUT2D eigenvalue weighted by Gasteiger charge is 2.24. The van der Waals surface area contributed by atoms with E-state index in [4.69, 9.17) is 0 Å². The molecule has 2 N–H and O–H groups in total. The summed E-state index contributed by atoms with van der Waals surface area (Å²) >= 11 is 0. The van der Waals surface area contributed by atoms with Crippen molar-refractivity contribution in [2.24, 2.45) is 0 Å². The number of hydrogen-bond donors (Lipinski definition) is 2. The SMILES string of the molecule is CCCN1C(=O)CCc2cc(NC(=O)c3ccn(C4CCCNC4)n3)ccc21.Cl. The molecule has 0 saturated carbocycles. The van der Waals surface area contributed by atoms with Crippen molar-refractivity contribution in [3.05, 3.63) is 41.7 Å². The third-order valence-corrected chi connectivity index (χ3v) is 5.47. The molecular weight excluding hydrogens is 390 g/mol. The minimum atomic E-state index is -0.209. The molecule has 1 aromatic carbocycles. The highest BCUT2D eigenvalue weighted by molar-refractivity contribution is 6.03. The van der Waals surface area contributed by atoms with E-state index in [2.05, 4.69) is 22.7 Å². The van der Waals surface area contributed by atoms with Crippen LogP contribution in [0.4, 0.5) is 11.4 Å². The fraction of sp³-hybridized carbons (Fsp3) is 0.476. The third kappa shape index (κ3) is 4.62. The molecule has 156 valence electrons. The average Bonchev–Trinajstić information content (AvgIpc) is 3.21. The van der Waals surface area contributed by atoms with Gasteiger partial charge in [0.1, 0.15) is 0 Å². The Bertz CT molecular complexity index is 876. The Kier molecular flexibility index (Phi) is 6.92. The molecular formula is C21H28ClN5O2. The molecule has 0 spiro atoms. The summed E-state index contributed by atoms with van der Waals surface area (Å²) in [7, 11) is 0. The number of carbonyl (C=O) groups excluding carboxylic acids is 2. The van der Waals surface area contributed by atoms with E-state index in [1.807, 2.05) is 34.0 Å². The van der Waals surface area contributed by atoms with Crippen LogP contribution < -0.4 is 15.5 Å². The van der Waals surface area contributed by atoms with Gasteiger partial charge in [0.05, 0.1) is 6.04 Å². The average molecular weight is 418 g/mol. The fourth-order valence-corrected chi connectivity index (χ4v) is 4.02. The first kappa shape index (κ1) is 21.3. The molecule has 4 rings (SSSR count). The summed E-state index contributed by atoms with van der Waals surface area (Å²) in [5.74, 6) is -0.0337. The first-order valence-electron chi connectivity index (χ1n) is 10.2. The zero-order chi connectivity index (χ0) is 19.5. The Morgan fingerprint density at radius 3 is 2.93 bits per heavy atom. The molecule has 0 aliphatic carbocycles. The van der Waals surface area contributed by atoms with E-state index >= 15 is 0 Å². The number of halogens is 1. The second kappa shape index (κ2) is 9.41. The van der Waals surface area contributed by atoms with Gasteiger partial charge in [-0.3, -0.25) is 14.3 Å². The summed E-state index contributed by atoms with van der Waals surface area (Å²) in [5, 5.41) is 10.8. The van der Waals surface area contributed by atoms with Gasteiger partial charge < -0.3 is 15.5 Å². The van der Waals surface area contributed by atoms with Crippen molar-refractivity contribution in [1.29, 1.82) is 0 Å². The summed E-state index contributed by atoms with van der Waals surface area (Å²) in [6.45, 7) is 4.73. The molecule has 8 heteroatoms. The van der Waals surface area contributed by atoms with Gasteiger partial charge in [-0.2, -0.15) is 5.10 Å². The number of aromatic nitrogens is 2. The minimum absolute atomic E-state index is 0. The normalized spacial score (nSPS) is 18.7. The number of benzene rings is 1. The molecule has 2 amide bonds. The van der Waals surface area contributed by atoms with E-state index in [0.717, 1.165) is 55.8 Å². The highest BCUT2D eigenvalue weighted by Crippen LogP contribution is 2.30. The topological polar surface area (TPSA) is 79.3 Å². The number of nitrogens with one attached hydrogen (secondary N) is 2. The summed E-state index contributed by atoms with van der Waals surface area (Å²) in [5.41, 5.74) is 3.23. The van der Waals surface area contributed by atoms with E-state index in [1.54, 1.807) is 6.07 Å². The smallest absolute Gasteiger partial charge is 0.276 e. The number of piperidine rings is 1. The van der Waals surface area contributed by atoms with Crippen LogP contribution in [0.3, 0.4) is 0 Å². The van der Waals surface area contributed by atoms with Crippen molar-refractivity contribution in [3.63, 3.8) is 0 Å². The van der Waals surface area contributed by atoms with Gasteiger partial charge in [-0.25, -0.2) is 0 Å². The summed E-state index contributed by atoms with van der Waals surface area (Å²) in [6.07, 6.45) is 6.23. The Hall–Kier alpha value is -2.38. The predicted molar refractivity (Wildman–Crippen MR) is 116 cm³/mol. The third-order valence-electron chi connectivity index (χ3n) is 5.47. The van der Waals surface area contributed by atoms with Gasteiger partial charge in [0.25, 0.3) is 5.91 Å². The van der Waals surface area contributed by atoms with Crippen molar-refractivity contribution in [3.8, 4) is 0 Å². The number of nitrogens with zero attached hydrogens (tertiary/aromatic N) is 3. The molecule has 3 heterocycles. The van der Waals surface area contributed by atoms with E-state index < -0.39 is 0 Å². The first-order valence-corrected chi connectivity index (χ1v) is 10.2. The number of carbonyl (C=O) groups is 2. The monoisotopic (exact) mass is 417 g/mol. The molecule has 0 bridgehead atoms. The summed E-state index contributed by atoms with van der Waals surface area (Å²) in [6, 6.07) is 7.85. The highest BCUT2D eigenvalue weighted by atomic mass is 35.5. The molecule has 2 aliphatic heterocycles. The van der Waals surface area contributed by atoms with Crippen LogP contribution in [0.15, 0.2) is 30.5 Å². The number of rotatable bonds is 5. The van der Waals surface area contributed by atoms with Crippen molar-refractivity contribution >= 4 is 35.6 Å². The van der Waals surface area contributed by atoms with Crippen molar-refractivity contribution in [2.45, 2.75) is 45.1 Å². The van der Waals surface area contributed by atoms with Gasteiger partial charge in [0.15, 0.2) is 5.69 Å². The number of hydrogen-bond acceptors (Lipinski definition) is 4. The minimum Gasteiger partial charge on any atom is -0.321 e. The molecule has 1 unspecified atom stereocenters. The van der Waals surface area contributed by atoms with Crippen LogP contribution in [0.25, 0.3) is 0 Å². The maximum Gasteiger partial charge on any atom is 0.276 e. The lowest BCUT2D eigenvalue weighted by Crippen LogP contribution is -2.35. The Balaban J connectivity index is 0.00000240. The molecule has 7 nitrogen and oxygen atoms in total. The lowest BCUT2D eigenvalue weighted by Gasteiger charge is -2.29. The van der Waals surface area contributed by atoms with Gasteiger partial charge in [0.2, 0.25) is 5.91 Å². The molecule has 1 aromatic heterocycles. The van der Waals surface area contributed by atoms with E-state index in [1.165, 1.54) is 0 Å². The molecule has 2 aromatic rings. The number of aryl methyl sites for hydroxylation is 1. The van der Waals surface area contributed by atoms with Crippen LogP contribution in [0.2, 0.25) is 0 Å². The van der Waals surface area contributed by atoms with Crippen LogP contribution in [0, 0.1) is 0 Å². The molecule has 2 aliphatic rings. The summed E-state index contributed by atoms with van der Waals surface area (Å²) in [4.78, 5) is 26.7. The lowest BCUT2D eigenvalue weighted by molar-refractivity contribution is -0.118. The van der Waals surface area contributed by atoms with E-state index in [0.29, 0.717) is 24.6 Å². The maximum atomic E-state index is 12.6. The number of anilines is 2. The molecule has 0 radical (unpaired) electrons. The number of fused-ring (bicyclic) bond motifs is 1. The lowest BCUT2D eigenvalue weighted by atomic mass is 10.00. The van der Waals surface area contributed by atoms with Gasteiger partial charge in [-0.15, -0.1) is 12.4 Å². The largest absolute Gasteiger partial charge is 0.321 e. The van der Waals surface area contributed by atoms with Crippen molar-refractivity contribution in [2.75, 3.05) is 29.9 Å². The fourth-order valence-electron chi connectivity index (χ4n) is 4.02. The summed E-state index contributed by atoms with van der Waals surface area (Å²) < 4.78 is 1.89. The zero-order valence-corrected chi connectivity index (χ0v) is 17.5. The van der Waals surface area contributed by atoms with Gasteiger partial charge in [0, 0.05) is 37.1 Å². The van der Waals surface area contributed by atoms with Crippen LogP contribution in [-0.2, 0) is 11.2 Å². The second-order valence-electron chi connectivity index (χ2n) is 7.52. The zero-order valence-electron chi connectivity index (χ0n) is 16.7. The quantitative estimate of drug-likeness (QED) is 0.783. The standard InChI is InChI=1S/C21H27N5O2.ClH/c1-2-11-25-19-7-6-16(13-15(19)5-8-20(25)27)23-21(28)18-9-12-26(24-18)17-4-3-10-22-14-17;/h6-7,9,12-13,17,22H,2-5,8,10-11,14H2,1H3,(H,23,28);1H. The van der Waals surface area contributed by atoms with Gasteiger partial charge in [-0.1, -0.05) is 6.92 Å².